The topological polar surface area (TPSA) is 51.7 Å². The van der Waals surface area contributed by atoms with E-state index in [1.54, 1.807) is 30.5 Å². The number of nitrogens with zero attached hydrogens (tertiary/aromatic N) is 2. The predicted octanol–water partition coefficient (Wildman–Crippen LogP) is 3.16. The molecule has 5 nitrogen and oxygen atoms in total. The number of carbonyl (C=O) groups excluding carboxylic acids is 1. The van der Waals surface area contributed by atoms with E-state index >= 15 is 0 Å². The van der Waals surface area contributed by atoms with Crippen LogP contribution in [0.25, 0.3) is 0 Å². The highest BCUT2D eigenvalue weighted by Crippen LogP contribution is 2.21. The molecule has 0 aliphatic carbocycles. The Hall–Kier alpha value is -2.63. The first-order valence-electron chi connectivity index (χ1n) is 8.33. The van der Waals surface area contributed by atoms with E-state index in [1.165, 1.54) is 19.2 Å². The third kappa shape index (κ3) is 4.47. The number of carbonyl (C=O) groups is 1. The van der Waals surface area contributed by atoms with Crippen LogP contribution in [0.15, 0.2) is 42.6 Å². The molecule has 1 aromatic heterocycles. The molecule has 1 aliphatic rings. The Morgan fingerprint density at radius 3 is 2.88 bits per heavy atom. The Labute approximate surface area is 146 Å². The van der Waals surface area contributed by atoms with Crippen molar-refractivity contribution in [1.82, 2.24) is 9.88 Å². The van der Waals surface area contributed by atoms with Gasteiger partial charge in [-0.2, -0.15) is 0 Å². The van der Waals surface area contributed by atoms with Crippen molar-refractivity contribution in [2.45, 2.75) is 12.8 Å². The van der Waals surface area contributed by atoms with Crippen LogP contribution in [-0.2, 0) is 0 Å². The second kappa shape index (κ2) is 7.96. The average Bonchev–Trinajstić information content (AvgIpc) is 2.67. The Bertz CT molecular complexity index is 721. The Balaban J connectivity index is 1.58. The first kappa shape index (κ1) is 17.2. The SMILES string of the molecule is COc1cc(C(=O)N2CCC[C@@H](COc3ccc(F)cc3)C2)ccn1. The Kier molecular flexibility index (Phi) is 5.48. The van der Waals surface area contributed by atoms with Gasteiger partial charge in [0.05, 0.1) is 13.7 Å². The summed E-state index contributed by atoms with van der Waals surface area (Å²) in [6.07, 6.45) is 3.52. The van der Waals surface area contributed by atoms with Gasteiger partial charge in [0, 0.05) is 36.8 Å². The van der Waals surface area contributed by atoms with Crippen LogP contribution in [0.3, 0.4) is 0 Å². The number of hydrogen-bond donors (Lipinski definition) is 0. The molecule has 0 radical (unpaired) electrons. The largest absolute Gasteiger partial charge is 0.493 e. The minimum Gasteiger partial charge on any atom is -0.493 e. The standard InChI is InChI=1S/C19H21FN2O3/c1-24-18-11-15(8-9-21-18)19(23)22-10-2-3-14(12-22)13-25-17-6-4-16(20)5-7-17/h4-9,11,14H,2-3,10,12-13H2,1H3/t14-/m1/s1. The lowest BCUT2D eigenvalue weighted by molar-refractivity contribution is 0.0633. The minimum absolute atomic E-state index is 0.0211. The lowest BCUT2D eigenvalue weighted by Crippen LogP contribution is -2.41. The van der Waals surface area contributed by atoms with E-state index in [2.05, 4.69) is 4.98 Å². The van der Waals surface area contributed by atoms with E-state index in [9.17, 15) is 9.18 Å². The summed E-state index contributed by atoms with van der Waals surface area (Å²) in [6.45, 7) is 1.89. The van der Waals surface area contributed by atoms with Crippen LogP contribution in [0.2, 0.25) is 0 Å². The zero-order chi connectivity index (χ0) is 17.6. The van der Waals surface area contributed by atoms with Crippen molar-refractivity contribution >= 4 is 5.91 Å². The Morgan fingerprint density at radius 2 is 2.12 bits per heavy atom. The van der Waals surface area contributed by atoms with Gasteiger partial charge in [0.1, 0.15) is 11.6 Å². The highest BCUT2D eigenvalue weighted by atomic mass is 19.1. The summed E-state index contributed by atoms with van der Waals surface area (Å²) in [7, 11) is 1.53. The summed E-state index contributed by atoms with van der Waals surface area (Å²) in [5.41, 5.74) is 0.576. The molecule has 132 valence electrons. The fourth-order valence-electron chi connectivity index (χ4n) is 2.97. The van der Waals surface area contributed by atoms with Crippen LogP contribution in [0.1, 0.15) is 23.2 Å². The molecule has 1 aromatic carbocycles. The zero-order valence-corrected chi connectivity index (χ0v) is 14.2. The molecule has 0 unspecified atom stereocenters. The summed E-state index contributed by atoms with van der Waals surface area (Å²) >= 11 is 0. The first-order valence-corrected chi connectivity index (χ1v) is 8.33. The van der Waals surface area contributed by atoms with Crippen molar-refractivity contribution in [2.24, 2.45) is 5.92 Å². The molecule has 2 heterocycles. The maximum absolute atomic E-state index is 12.9. The van der Waals surface area contributed by atoms with Gasteiger partial charge in [0.2, 0.25) is 5.88 Å². The highest BCUT2D eigenvalue weighted by molar-refractivity contribution is 5.94. The maximum atomic E-state index is 12.9. The van der Waals surface area contributed by atoms with Gasteiger partial charge in [-0.25, -0.2) is 9.37 Å². The summed E-state index contributed by atoms with van der Waals surface area (Å²) < 4.78 is 23.7. The second-order valence-corrected chi connectivity index (χ2v) is 6.11. The fourth-order valence-corrected chi connectivity index (χ4v) is 2.97. The van der Waals surface area contributed by atoms with Gasteiger partial charge in [-0.15, -0.1) is 0 Å². The van der Waals surface area contributed by atoms with Gasteiger partial charge in [0.15, 0.2) is 0 Å². The number of hydrogen-bond acceptors (Lipinski definition) is 4. The van der Waals surface area contributed by atoms with E-state index in [1.807, 2.05) is 4.90 Å². The molecule has 6 heteroatoms. The molecule has 1 amide bonds. The Morgan fingerprint density at radius 1 is 1.32 bits per heavy atom. The molecule has 0 saturated carbocycles. The molecule has 0 bridgehead atoms. The predicted molar refractivity (Wildman–Crippen MR) is 91.3 cm³/mol. The molecule has 1 atom stereocenters. The van der Waals surface area contributed by atoms with Crippen molar-refractivity contribution < 1.29 is 18.7 Å². The number of amides is 1. The average molecular weight is 344 g/mol. The molecule has 0 N–H and O–H groups in total. The summed E-state index contributed by atoms with van der Waals surface area (Å²) in [5.74, 6) is 1.02. The zero-order valence-electron chi connectivity index (χ0n) is 14.2. The minimum atomic E-state index is -0.283. The fraction of sp³-hybridized carbons (Fsp3) is 0.368. The number of aromatic nitrogens is 1. The molecule has 0 spiro atoms. The third-order valence-electron chi connectivity index (χ3n) is 4.30. The number of ether oxygens (including phenoxy) is 2. The van der Waals surface area contributed by atoms with E-state index in [4.69, 9.17) is 9.47 Å². The van der Waals surface area contributed by atoms with Gasteiger partial charge in [-0.3, -0.25) is 4.79 Å². The van der Waals surface area contributed by atoms with Crippen LogP contribution in [-0.4, -0.2) is 42.6 Å². The molecule has 3 rings (SSSR count). The molecule has 1 saturated heterocycles. The van der Waals surface area contributed by atoms with E-state index in [0.29, 0.717) is 30.3 Å². The smallest absolute Gasteiger partial charge is 0.254 e. The van der Waals surface area contributed by atoms with Gasteiger partial charge in [-0.05, 0) is 43.2 Å². The van der Waals surface area contributed by atoms with Crippen LogP contribution in [0.5, 0.6) is 11.6 Å². The number of pyridine rings is 1. The van der Waals surface area contributed by atoms with Crippen molar-refractivity contribution in [3.63, 3.8) is 0 Å². The summed E-state index contributed by atoms with van der Waals surface area (Å²) in [6, 6.07) is 9.34. The lowest BCUT2D eigenvalue weighted by atomic mass is 9.98. The summed E-state index contributed by atoms with van der Waals surface area (Å²) in [4.78, 5) is 18.6. The quantitative estimate of drug-likeness (QED) is 0.836. The van der Waals surface area contributed by atoms with E-state index in [-0.39, 0.29) is 17.6 Å². The highest BCUT2D eigenvalue weighted by Gasteiger charge is 2.25. The molecule has 1 aliphatic heterocycles. The van der Waals surface area contributed by atoms with Crippen molar-refractivity contribution in [3.8, 4) is 11.6 Å². The van der Waals surface area contributed by atoms with Crippen LogP contribution in [0, 0.1) is 11.7 Å². The molecule has 2 aromatic rings. The van der Waals surface area contributed by atoms with Gasteiger partial charge in [-0.1, -0.05) is 0 Å². The normalized spacial score (nSPS) is 17.2. The number of piperidine rings is 1. The molecular weight excluding hydrogens is 323 g/mol. The maximum Gasteiger partial charge on any atom is 0.254 e. The monoisotopic (exact) mass is 344 g/mol. The molecule has 1 fully saturated rings. The van der Waals surface area contributed by atoms with Gasteiger partial charge >= 0.3 is 0 Å². The summed E-state index contributed by atoms with van der Waals surface area (Å²) in [5, 5.41) is 0. The molecule has 25 heavy (non-hydrogen) atoms. The number of rotatable bonds is 5. The van der Waals surface area contributed by atoms with E-state index in [0.717, 1.165) is 19.4 Å². The van der Waals surface area contributed by atoms with Crippen molar-refractivity contribution in [2.75, 3.05) is 26.8 Å². The van der Waals surface area contributed by atoms with Crippen molar-refractivity contribution in [3.05, 3.63) is 54.0 Å². The molecular formula is C19H21FN2O3. The van der Waals surface area contributed by atoms with Gasteiger partial charge in [0.25, 0.3) is 5.91 Å². The van der Waals surface area contributed by atoms with Crippen LogP contribution >= 0.6 is 0 Å². The first-order chi connectivity index (χ1) is 12.2. The number of methoxy groups -OCH3 is 1. The lowest BCUT2D eigenvalue weighted by Gasteiger charge is -2.32. The van der Waals surface area contributed by atoms with Crippen LogP contribution in [0.4, 0.5) is 4.39 Å². The van der Waals surface area contributed by atoms with E-state index < -0.39 is 0 Å². The van der Waals surface area contributed by atoms with Crippen LogP contribution < -0.4 is 9.47 Å². The number of likely N-dealkylation sites (tertiary alicyclic amines) is 1. The van der Waals surface area contributed by atoms with Crippen molar-refractivity contribution in [1.29, 1.82) is 0 Å². The van der Waals surface area contributed by atoms with Gasteiger partial charge < -0.3 is 14.4 Å². The number of halogens is 1. The number of benzene rings is 1. The third-order valence-corrected chi connectivity index (χ3v) is 4.30. The second-order valence-electron chi connectivity index (χ2n) is 6.11.